The van der Waals surface area contributed by atoms with Gasteiger partial charge in [0.1, 0.15) is 0 Å². The van der Waals surface area contributed by atoms with Crippen molar-refractivity contribution in [1.29, 1.82) is 0 Å². The van der Waals surface area contributed by atoms with Crippen LogP contribution in [-0.2, 0) is 0 Å². The Morgan fingerprint density at radius 3 is 2.75 bits per heavy atom. The molecule has 0 bridgehead atoms. The minimum Gasteiger partial charge on any atom is -0.305 e. The fourth-order valence-electron chi connectivity index (χ4n) is 2.87. The van der Waals surface area contributed by atoms with Gasteiger partial charge in [-0.25, -0.2) is 0 Å². The zero-order valence-corrected chi connectivity index (χ0v) is 12.1. The number of nitro benzene ring substituents is 1. The van der Waals surface area contributed by atoms with Crippen LogP contribution < -0.4 is 10.9 Å². The van der Waals surface area contributed by atoms with E-state index in [0.717, 1.165) is 12.1 Å². The molecule has 0 aromatic heterocycles. The molecule has 2 N–H and O–H groups in total. The molecule has 5 heteroatoms. The Kier molecular flexibility index (Phi) is 3.97. The number of non-ortho nitro benzene ring substituents is 1. The SMILES string of the molecule is CC1CC(NNc2cccc([N+](=O)[O-])c2)=CC(C)(C)C1. The molecule has 0 fully saturated rings. The van der Waals surface area contributed by atoms with Crippen molar-refractivity contribution in [3.05, 3.63) is 46.2 Å². The first-order chi connectivity index (χ1) is 9.35. The molecule has 0 radical (unpaired) electrons. The average molecular weight is 275 g/mol. The molecule has 0 saturated heterocycles. The van der Waals surface area contributed by atoms with Crippen molar-refractivity contribution in [2.45, 2.75) is 33.6 Å². The molecule has 5 nitrogen and oxygen atoms in total. The van der Waals surface area contributed by atoms with Crippen LogP contribution in [0, 0.1) is 21.4 Å². The molecule has 1 aromatic carbocycles. The Hall–Kier alpha value is -2.04. The van der Waals surface area contributed by atoms with E-state index in [1.807, 2.05) is 0 Å². The number of hydrogen-bond donors (Lipinski definition) is 2. The summed E-state index contributed by atoms with van der Waals surface area (Å²) in [5.74, 6) is 0.629. The van der Waals surface area contributed by atoms with E-state index in [1.54, 1.807) is 12.1 Å². The highest BCUT2D eigenvalue weighted by Gasteiger charge is 2.25. The van der Waals surface area contributed by atoms with E-state index in [-0.39, 0.29) is 11.1 Å². The predicted molar refractivity (Wildman–Crippen MR) is 80.1 cm³/mol. The lowest BCUT2D eigenvalue weighted by atomic mass is 9.76. The smallest absolute Gasteiger partial charge is 0.271 e. The first-order valence-corrected chi connectivity index (χ1v) is 6.84. The fourth-order valence-corrected chi connectivity index (χ4v) is 2.87. The highest BCUT2D eigenvalue weighted by atomic mass is 16.6. The molecule has 20 heavy (non-hydrogen) atoms. The van der Waals surface area contributed by atoms with Gasteiger partial charge in [-0.2, -0.15) is 0 Å². The Balaban J connectivity index is 2.03. The minimum absolute atomic E-state index is 0.0862. The largest absolute Gasteiger partial charge is 0.305 e. The van der Waals surface area contributed by atoms with E-state index >= 15 is 0 Å². The lowest BCUT2D eigenvalue weighted by molar-refractivity contribution is -0.384. The maximum absolute atomic E-state index is 10.7. The van der Waals surface area contributed by atoms with Gasteiger partial charge in [-0.3, -0.25) is 10.1 Å². The molecule has 1 aliphatic carbocycles. The third-order valence-corrected chi connectivity index (χ3v) is 3.43. The Bertz CT molecular complexity index is 538. The highest BCUT2D eigenvalue weighted by molar-refractivity contribution is 5.50. The number of nitrogens with zero attached hydrogens (tertiary/aromatic N) is 1. The zero-order chi connectivity index (χ0) is 14.8. The van der Waals surface area contributed by atoms with Gasteiger partial charge in [0.25, 0.3) is 5.69 Å². The van der Waals surface area contributed by atoms with Crippen molar-refractivity contribution in [3.63, 3.8) is 0 Å². The summed E-state index contributed by atoms with van der Waals surface area (Å²) in [5, 5.41) is 10.7. The van der Waals surface area contributed by atoms with Crippen molar-refractivity contribution in [2.24, 2.45) is 11.3 Å². The van der Waals surface area contributed by atoms with Crippen LogP contribution in [-0.4, -0.2) is 4.92 Å². The molecule has 108 valence electrons. The van der Waals surface area contributed by atoms with E-state index in [2.05, 4.69) is 37.7 Å². The third kappa shape index (κ3) is 3.73. The van der Waals surface area contributed by atoms with Gasteiger partial charge in [-0.1, -0.05) is 32.9 Å². The summed E-state index contributed by atoms with van der Waals surface area (Å²) in [6.07, 6.45) is 4.40. The maximum atomic E-state index is 10.7. The summed E-state index contributed by atoms with van der Waals surface area (Å²) in [4.78, 5) is 10.3. The third-order valence-electron chi connectivity index (χ3n) is 3.43. The van der Waals surface area contributed by atoms with Gasteiger partial charge in [0, 0.05) is 17.8 Å². The Morgan fingerprint density at radius 1 is 1.35 bits per heavy atom. The molecular formula is C15H21N3O2. The van der Waals surface area contributed by atoms with Crippen molar-refractivity contribution in [2.75, 3.05) is 5.43 Å². The van der Waals surface area contributed by atoms with Gasteiger partial charge in [-0.05, 0) is 30.2 Å². The van der Waals surface area contributed by atoms with Gasteiger partial charge in [-0.15, -0.1) is 0 Å². The number of rotatable bonds is 4. The molecule has 1 aromatic rings. The van der Waals surface area contributed by atoms with Gasteiger partial charge >= 0.3 is 0 Å². The second-order valence-corrected chi connectivity index (χ2v) is 6.23. The molecule has 0 heterocycles. The molecule has 2 rings (SSSR count). The first kappa shape index (κ1) is 14.4. The molecule has 0 aliphatic heterocycles. The summed E-state index contributed by atoms with van der Waals surface area (Å²) in [6.45, 7) is 6.68. The second kappa shape index (κ2) is 5.53. The van der Waals surface area contributed by atoms with Crippen LogP contribution >= 0.6 is 0 Å². The van der Waals surface area contributed by atoms with Crippen LogP contribution in [0.3, 0.4) is 0 Å². The summed E-state index contributed by atoms with van der Waals surface area (Å²) >= 11 is 0. The number of nitrogens with one attached hydrogen (secondary N) is 2. The van der Waals surface area contributed by atoms with E-state index in [0.29, 0.717) is 11.6 Å². The van der Waals surface area contributed by atoms with E-state index < -0.39 is 4.92 Å². The molecular weight excluding hydrogens is 254 g/mol. The average Bonchev–Trinajstić information content (AvgIpc) is 2.34. The summed E-state index contributed by atoms with van der Waals surface area (Å²) in [7, 11) is 0. The monoisotopic (exact) mass is 275 g/mol. The quantitative estimate of drug-likeness (QED) is 0.647. The van der Waals surface area contributed by atoms with E-state index in [1.165, 1.54) is 18.6 Å². The maximum Gasteiger partial charge on any atom is 0.271 e. The topological polar surface area (TPSA) is 67.2 Å². The number of allylic oxidation sites excluding steroid dienone is 2. The standard InChI is InChI=1S/C15H21N3O2/c1-11-7-13(10-15(2,3)9-11)17-16-12-5-4-6-14(8-12)18(19)20/h4-6,8,10-11,16-17H,7,9H2,1-3H3. The first-order valence-electron chi connectivity index (χ1n) is 6.84. The number of anilines is 1. The number of hydrazine groups is 1. The minimum atomic E-state index is -0.393. The molecule has 1 atom stereocenters. The molecule has 0 spiro atoms. The van der Waals surface area contributed by atoms with Gasteiger partial charge in [0.2, 0.25) is 0 Å². The van der Waals surface area contributed by atoms with E-state index in [4.69, 9.17) is 0 Å². The lowest BCUT2D eigenvalue weighted by Gasteiger charge is -2.32. The zero-order valence-electron chi connectivity index (χ0n) is 12.1. The number of nitro groups is 1. The Labute approximate surface area is 119 Å². The van der Waals surface area contributed by atoms with Crippen molar-refractivity contribution < 1.29 is 4.92 Å². The van der Waals surface area contributed by atoms with Crippen molar-refractivity contribution in [3.8, 4) is 0 Å². The second-order valence-electron chi connectivity index (χ2n) is 6.23. The molecule has 0 amide bonds. The normalized spacial score (nSPS) is 20.9. The summed E-state index contributed by atoms with van der Waals surface area (Å²) in [5.41, 5.74) is 8.32. The predicted octanol–water partition coefficient (Wildman–Crippen LogP) is 3.85. The fraction of sp³-hybridized carbons (Fsp3) is 0.467. The number of benzene rings is 1. The van der Waals surface area contributed by atoms with Crippen LogP contribution in [0.5, 0.6) is 0 Å². The van der Waals surface area contributed by atoms with E-state index in [9.17, 15) is 10.1 Å². The van der Waals surface area contributed by atoms with Crippen LogP contribution in [0.1, 0.15) is 33.6 Å². The van der Waals surface area contributed by atoms with Gasteiger partial charge in [0.15, 0.2) is 0 Å². The lowest BCUT2D eigenvalue weighted by Crippen LogP contribution is -2.29. The number of hydrogen-bond acceptors (Lipinski definition) is 4. The molecule has 1 unspecified atom stereocenters. The van der Waals surface area contributed by atoms with Crippen LogP contribution in [0.15, 0.2) is 36.0 Å². The summed E-state index contributed by atoms with van der Waals surface area (Å²) in [6, 6.07) is 6.48. The summed E-state index contributed by atoms with van der Waals surface area (Å²) < 4.78 is 0. The Morgan fingerprint density at radius 2 is 2.10 bits per heavy atom. The van der Waals surface area contributed by atoms with Crippen LogP contribution in [0.2, 0.25) is 0 Å². The molecule has 0 saturated carbocycles. The van der Waals surface area contributed by atoms with Crippen molar-refractivity contribution in [1.82, 2.24) is 5.43 Å². The van der Waals surface area contributed by atoms with Crippen LogP contribution in [0.4, 0.5) is 11.4 Å². The van der Waals surface area contributed by atoms with Crippen LogP contribution in [0.25, 0.3) is 0 Å². The van der Waals surface area contributed by atoms with Gasteiger partial charge in [0.05, 0.1) is 10.6 Å². The van der Waals surface area contributed by atoms with Gasteiger partial charge < -0.3 is 10.9 Å². The van der Waals surface area contributed by atoms with Crippen molar-refractivity contribution >= 4 is 11.4 Å². The highest BCUT2D eigenvalue weighted by Crippen LogP contribution is 2.35. The molecule has 1 aliphatic rings.